The van der Waals surface area contributed by atoms with E-state index in [1.807, 2.05) is 11.0 Å². The molecule has 4 rings (SSSR count). The highest BCUT2D eigenvalue weighted by Gasteiger charge is 2.41. The average Bonchev–Trinajstić information content (AvgIpc) is 3.25. The molecule has 3 N–H and O–H groups in total. The number of rotatable bonds is 7. The number of hydrogen-bond donors (Lipinski definition) is 2. The fourth-order valence-electron chi connectivity index (χ4n) is 4.44. The number of nitrogens with zero attached hydrogens (tertiary/aromatic N) is 3. The number of nitrogens with one attached hydrogen (secondary N) is 1. The number of aromatic nitrogens is 2. The molecule has 0 radical (unpaired) electrons. The van der Waals surface area contributed by atoms with Crippen LogP contribution in [0.1, 0.15) is 51.8 Å². The van der Waals surface area contributed by atoms with E-state index in [-0.39, 0.29) is 11.4 Å². The van der Waals surface area contributed by atoms with Crippen molar-refractivity contribution in [2.45, 2.75) is 51.9 Å². The minimum atomic E-state index is -3.24. The van der Waals surface area contributed by atoms with E-state index in [4.69, 9.17) is 5.73 Å². The Bertz CT molecular complexity index is 963. The van der Waals surface area contributed by atoms with Gasteiger partial charge in [0.05, 0.1) is 0 Å². The number of hydrogen-bond acceptors (Lipinski definition) is 5. The molecule has 1 saturated heterocycles. The first-order chi connectivity index (χ1) is 15.4. The van der Waals surface area contributed by atoms with Gasteiger partial charge in [0.25, 0.3) is 0 Å². The number of halogens is 2. The Morgan fingerprint density at radius 2 is 2.16 bits per heavy atom. The average molecular weight is 442 g/mol. The maximum absolute atomic E-state index is 15.4. The zero-order chi connectivity index (χ0) is 22.7. The topological polar surface area (TPSA) is 67.1 Å². The van der Waals surface area contributed by atoms with Crippen LogP contribution in [0.2, 0.25) is 0 Å². The number of allylic oxidation sites excluding steroid dienone is 6. The lowest BCUT2D eigenvalue weighted by Crippen LogP contribution is -2.28. The molecule has 32 heavy (non-hydrogen) atoms. The summed E-state index contributed by atoms with van der Waals surface area (Å²) in [6, 6.07) is 0. The van der Waals surface area contributed by atoms with Crippen molar-refractivity contribution < 1.29 is 8.78 Å². The summed E-state index contributed by atoms with van der Waals surface area (Å²) in [4.78, 5) is 10.6. The molecule has 2 atom stereocenters. The molecule has 2 heterocycles. The molecule has 0 amide bonds. The first-order valence-corrected chi connectivity index (χ1v) is 11.7. The Morgan fingerprint density at radius 1 is 1.31 bits per heavy atom. The molecule has 0 spiro atoms. The molecule has 2 unspecified atom stereocenters. The summed E-state index contributed by atoms with van der Waals surface area (Å²) in [5, 5.41) is 3.22. The van der Waals surface area contributed by atoms with Crippen molar-refractivity contribution in [3.05, 3.63) is 53.4 Å². The van der Waals surface area contributed by atoms with Gasteiger partial charge in [0.15, 0.2) is 11.6 Å². The van der Waals surface area contributed by atoms with Crippen molar-refractivity contribution in [3.63, 3.8) is 0 Å². The van der Waals surface area contributed by atoms with Gasteiger partial charge < -0.3 is 16.0 Å². The molecular formula is C25H33F2N5. The molecular weight excluding hydrogens is 408 g/mol. The zero-order valence-electron chi connectivity index (χ0n) is 19.0. The largest absolute Gasteiger partial charge is 0.393 e. The van der Waals surface area contributed by atoms with E-state index in [1.165, 1.54) is 6.08 Å². The maximum Gasteiger partial charge on any atom is 0.328 e. The number of anilines is 3. The lowest BCUT2D eigenvalue weighted by Gasteiger charge is -2.25. The van der Waals surface area contributed by atoms with Gasteiger partial charge in [-0.15, -0.1) is 0 Å². The van der Waals surface area contributed by atoms with Gasteiger partial charge >= 0.3 is 5.92 Å². The fraction of sp³-hybridized carbons (Fsp3) is 0.520. The van der Waals surface area contributed by atoms with Crippen LogP contribution < -0.4 is 16.0 Å². The summed E-state index contributed by atoms with van der Waals surface area (Å²) in [5.41, 5.74) is 7.91. The second-order valence-electron chi connectivity index (χ2n) is 9.10. The van der Waals surface area contributed by atoms with Gasteiger partial charge in [0.2, 0.25) is 5.82 Å². The van der Waals surface area contributed by atoms with Crippen LogP contribution in [0.15, 0.2) is 47.6 Å². The second kappa shape index (κ2) is 9.43. The van der Waals surface area contributed by atoms with E-state index < -0.39 is 11.7 Å². The third kappa shape index (κ3) is 4.71. The zero-order valence-corrected chi connectivity index (χ0v) is 19.0. The van der Waals surface area contributed by atoms with Gasteiger partial charge in [0, 0.05) is 25.2 Å². The highest BCUT2D eigenvalue weighted by molar-refractivity contribution is 5.76. The van der Waals surface area contributed by atoms with Crippen LogP contribution in [0, 0.1) is 11.8 Å². The predicted octanol–water partition coefficient (Wildman–Crippen LogP) is 5.60. The normalized spacial score (nSPS) is 23.3. The van der Waals surface area contributed by atoms with E-state index in [0.717, 1.165) is 37.9 Å². The van der Waals surface area contributed by atoms with Crippen LogP contribution in [0.5, 0.6) is 0 Å². The number of nitrogens with two attached hydrogens (primary N) is 1. The van der Waals surface area contributed by atoms with Gasteiger partial charge in [-0.2, -0.15) is 8.78 Å². The van der Waals surface area contributed by atoms with Gasteiger partial charge in [0.1, 0.15) is 5.69 Å². The molecule has 1 aromatic rings. The second-order valence-corrected chi connectivity index (χ2v) is 9.10. The Kier molecular flexibility index (Phi) is 6.63. The molecule has 1 aliphatic heterocycles. The van der Waals surface area contributed by atoms with Crippen molar-refractivity contribution in [2.24, 2.45) is 11.8 Å². The predicted molar refractivity (Wildman–Crippen MR) is 127 cm³/mol. The van der Waals surface area contributed by atoms with E-state index in [9.17, 15) is 0 Å². The Labute approximate surface area is 189 Å². The smallest absolute Gasteiger partial charge is 0.328 e. The van der Waals surface area contributed by atoms with E-state index in [0.29, 0.717) is 42.7 Å². The maximum atomic E-state index is 15.4. The van der Waals surface area contributed by atoms with E-state index >= 15 is 8.78 Å². The van der Waals surface area contributed by atoms with E-state index in [2.05, 4.69) is 47.4 Å². The molecule has 7 heteroatoms. The highest BCUT2D eigenvalue weighted by Crippen LogP contribution is 2.41. The van der Waals surface area contributed by atoms with Crippen LogP contribution in [0.25, 0.3) is 0 Å². The summed E-state index contributed by atoms with van der Waals surface area (Å²) in [5.74, 6) is -2.00. The Balaban J connectivity index is 1.65. The standard InChI is InChI=1S/C25H33F2N5/c1-3-18-9-11-19(12-10-18)15-29-22-21(28)23(32-14-13-17(2)16-32)31-24(30-22)25(26,27)20-7-5-4-6-8-20/h4-5,7,9,11-12,17-18H,3,6,8,10,13-16,28H2,1-2H3,(H,29,30,31). The Hall–Kier alpha value is -2.70. The van der Waals surface area contributed by atoms with Crippen LogP contribution in [-0.4, -0.2) is 29.6 Å². The van der Waals surface area contributed by atoms with Gasteiger partial charge in [-0.25, -0.2) is 9.97 Å². The monoisotopic (exact) mass is 441 g/mol. The quantitative estimate of drug-likeness (QED) is 0.577. The van der Waals surface area contributed by atoms with Crippen molar-refractivity contribution in [1.82, 2.24) is 9.97 Å². The number of alkyl halides is 2. The van der Waals surface area contributed by atoms with Crippen LogP contribution in [-0.2, 0) is 5.92 Å². The molecule has 1 aromatic heterocycles. The van der Waals surface area contributed by atoms with E-state index in [1.54, 1.807) is 6.08 Å². The van der Waals surface area contributed by atoms with Gasteiger partial charge in [-0.3, -0.25) is 0 Å². The van der Waals surface area contributed by atoms with Crippen molar-refractivity contribution in [3.8, 4) is 0 Å². The molecule has 3 aliphatic rings. The SMILES string of the molecule is CCC1C=CC(CNc2nc(C(F)(F)C3=CC=CCC3)nc(N3CCC(C)C3)c2N)=CC1. The van der Waals surface area contributed by atoms with Crippen LogP contribution in [0.3, 0.4) is 0 Å². The molecule has 5 nitrogen and oxygen atoms in total. The molecule has 0 bridgehead atoms. The summed E-state index contributed by atoms with van der Waals surface area (Å²) in [6.07, 6.45) is 15.5. The minimum absolute atomic E-state index is 0.0417. The van der Waals surface area contributed by atoms with Gasteiger partial charge in [-0.05, 0) is 49.5 Å². The van der Waals surface area contributed by atoms with Crippen LogP contribution in [0.4, 0.5) is 26.1 Å². The van der Waals surface area contributed by atoms with Crippen molar-refractivity contribution >= 4 is 17.3 Å². The molecule has 0 aromatic carbocycles. The fourth-order valence-corrected chi connectivity index (χ4v) is 4.44. The van der Waals surface area contributed by atoms with Gasteiger partial charge in [-0.1, -0.05) is 50.3 Å². The number of nitrogen functional groups attached to an aromatic ring is 1. The summed E-state index contributed by atoms with van der Waals surface area (Å²) < 4.78 is 30.9. The minimum Gasteiger partial charge on any atom is -0.393 e. The lowest BCUT2D eigenvalue weighted by atomic mass is 9.95. The lowest BCUT2D eigenvalue weighted by molar-refractivity contribution is 0.0245. The summed E-state index contributed by atoms with van der Waals surface area (Å²) in [7, 11) is 0. The first-order valence-electron chi connectivity index (χ1n) is 11.7. The summed E-state index contributed by atoms with van der Waals surface area (Å²) in [6.45, 7) is 6.32. The van der Waals surface area contributed by atoms with Crippen LogP contribution >= 0.6 is 0 Å². The highest BCUT2D eigenvalue weighted by atomic mass is 19.3. The molecule has 0 saturated carbocycles. The third-order valence-corrected chi connectivity index (χ3v) is 6.60. The summed E-state index contributed by atoms with van der Waals surface area (Å²) >= 11 is 0. The first kappa shape index (κ1) is 22.5. The molecule has 2 aliphatic carbocycles. The van der Waals surface area contributed by atoms with Crippen molar-refractivity contribution in [1.29, 1.82) is 0 Å². The Morgan fingerprint density at radius 3 is 2.78 bits per heavy atom. The molecule has 1 fully saturated rings. The van der Waals surface area contributed by atoms with Crippen molar-refractivity contribution in [2.75, 3.05) is 35.6 Å². The third-order valence-electron chi connectivity index (χ3n) is 6.60. The molecule has 172 valence electrons.